The summed E-state index contributed by atoms with van der Waals surface area (Å²) in [6.07, 6.45) is 10.0. The Morgan fingerprint density at radius 1 is 1.53 bits per heavy atom. The third-order valence-corrected chi connectivity index (χ3v) is 3.06. The maximum atomic E-state index is 4.26. The Balaban J connectivity index is 1.85. The van der Waals surface area contributed by atoms with Crippen LogP contribution < -0.4 is 0 Å². The third kappa shape index (κ3) is 2.90. The second kappa shape index (κ2) is 5.08. The number of hydrogen-bond acceptors (Lipinski definition) is 2. The van der Waals surface area contributed by atoms with E-state index in [4.69, 9.17) is 0 Å². The number of nitrogens with zero attached hydrogens (tertiary/aromatic N) is 2. The highest BCUT2D eigenvalue weighted by atomic mass is 15.1. The van der Waals surface area contributed by atoms with E-state index in [1.165, 1.54) is 19.4 Å². The lowest BCUT2D eigenvalue weighted by molar-refractivity contribution is 0.313. The zero-order valence-corrected chi connectivity index (χ0v) is 9.26. The summed E-state index contributed by atoms with van der Waals surface area (Å²) in [5.74, 6) is 0. The molecule has 1 aliphatic heterocycles. The van der Waals surface area contributed by atoms with Gasteiger partial charge in [0.2, 0.25) is 0 Å². The van der Waals surface area contributed by atoms with Crippen molar-refractivity contribution in [2.45, 2.75) is 25.3 Å². The van der Waals surface area contributed by atoms with Gasteiger partial charge in [-0.05, 0) is 51.1 Å². The first-order chi connectivity index (χ1) is 7.36. The van der Waals surface area contributed by atoms with Crippen molar-refractivity contribution in [3.05, 3.63) is 36.2 Å². The molecule has 80 valence electrons. The molecular formula is C13H18N2. The standard InChI is InChI=1S/C13H18N2/c1-15-11-5-9-13(15)8-4-7-12-6-2-3-10-14-12/h2-4,6-7,10,13H,5,8-9,11H2,1H3/b7-4+/t13-/m1/s1. The molecule has 0 aromatic carbocycles. The predicted octanol–water partition coefficient (Wildman–Crippen LogP) is 2.58. The van der Waals surface area contributed by atoms with Gasteiger partial charge in [-0.25, -0.2) is 0 Å². The van der Waals surface area contributed by atoms with Crippen LogP contribution in [0.1, 0.15) is 25.0 Å². The average Bonchev–Trinajstić information content (AvgIpc) is 2.66. The van der Waals surface area contributed by atoms with E-state index in [0.717, 1.165) is 18.2 Å². The van der Waals surface area contributed by atoms with Crippen LogP contribution in [0, 0.1) is 0 Å². The lowest BCUT2D eigenvalue weighted by atomic mass is 10.1. The second-order valence-electron chi connectivity index (χ2n) is 4.17. The van der Waals surface area contributed by atoms with Crippen LogP contribution >= 0.6 is 0 Å². The van der Waals surface area contributed by atoms with Crippen molar-refractivity contribution in [2.75, 3.05) is 13.6 Å². The molecule has 2 rings (SSSR count). The Hall–Kier alpha value is -1.15. The van der Waals surface area contributed by atoms with E-state index in [0.29, 0.717) is 0 Å². The number of hydrogen-bond donors (Lipinski definition) is 0. The summed E-state index contributed by atoms with van der Waals surface area (Å²) in [5.41, 5.74) is 1.05. The van der Waals surface area contributed by atoms with Crippen LogP contribution in [0.4, 0.5) is 0 Å². The first-order valence-electron chi connectivity index (χ1n) is 5.64. The van der Waals surface area contributed by atoms with Crippen molar-refractivity contribution in [3.63, 3.8) is 0 Å². The van der Waals surface area contributed by atoms with E-state index in [1.807, 2.05) is 24.4 Å². The number of pyridine rings is 1. The maximum absolute atomic E-state index is 4.26. The number of rotatable bonds is 3. The van der Waals surface area contributed by atoms with E-state index in [1.54, 1.807) is 0 Å². The largest absolute Gasteiger partial charge is 0.303 e. The SMILES string of the molecule is CN1CCC[C@H]1C/C=C/c1ccccn1. The monoisotopic (exact) mass is 202 g/mol. The maximum Gasteiger partial charge on any atom is 0.0626 e. The summed E-state index contributed by atoms with van der Waals surface area (Å²) >= 11 is 0. The third-order valence-electron chi connectivity index (χ3n) is 3.06. The Labute approximate surface area is 91.6 Å². The van der Waals surface area contributed by atoms with E-state index < -0.39 is 0 Å². The Bertz CT molecular complexity index is 319. The van der Waals surface area contributed by atoms with Crippen molar-refractivity contribution in [3.8, 4) is 0 Å². The molecule has 0 spiro atoms. The summed E-state index contributed by atoms with van der Waals surface area (Å²) in [4.78, 5) is 6.71. The minimum absolute atomic E-state index is 0.741. The normalized spacial score (nSPS) is 22.6. The lowest BCUT2D eigenvalue weighted by Crippen LogP contribution is -2.23. The highest BCUT2D eigenvalue weighted by Gasteiger charge is 2.18. The number of likely N-dealkylation sites (tertiary alicyclic amines) is 1. The Morgan fingerprint density at radius 2 is 2.47 bits per heavy atom. The van der Waals surface area contributed by atoms with E-state index in [2.05, 4.69) is 29.1 Å². The molecule has 0 aliphatic carbocycles. The molecule has 0 bridgehead atoms. The molecule has 0 unspecified atom stereocenters. The van der Waals surface area contributed by atoms with Crippen molar-refractivity contribution in [1.82, 2.24) is 9.88 Å². The van der Waals surface area contributed by atoms with Crippen LogP contribution in [0.5, 0.6) is 0 Å². The first-order valence-corrected chi connectivity index (χ1v) is 5.64. The molecule has 1 atom stereocenters. The summed E-state index contributed by atoms with van der Waals surface area (Å²) in [6.45, 7) is 1.25. The fraction of sp³-hybridized carbons (Fsp3) is 0.462. The molecule has 2 nitrogen and oxygen atoms in total. The molecule has 0 amide bonds. The highest BCUT2D eigenvalue weighted by molar-refractivity contribution is 5.43. The quantitative estimate of drug-likeness (QED) is 0.749. The molecule has 2 heterocycles. The van der Waals surface area contributed by atoms with Crippen LogP contribution in [0.15, 0.2) is 30.5 Å². The van der Waals surface area contributed by atoms with Crippen LogP contribution in [0.25, 0.3) is 6.08 Å². The van der Waals surface area contributed by atoms with E-state index in [-0.39, 0.29) is 0 Å². The summed E-state index contributed by atoms with van der Waals surface area (Å²) in [5, 5.41) is 0. The molecule has 1 aromatic heterocycles. The lowest BCUT2D eigenvalue weighted by Gasteiger charge is -2.16. The summed E-state index contributed by atoms with van der Waals surface area (Å²) in [7, 11) is 2.21. The molecule has 1 saturated heterocycles. The van der Waals surface area contributed by atoms with Crippen molar-refractivity contribution >= 4 is 6.08 Å². The number of aromatic nitrogens is 1. The molecule has 2 heteroatoms. The smallest absolute Gasteiger partial charge is 0.0626 e. The van der Waals surface area contributed by atoms with Gasteiger partial charge in [0.25, 0.3) is 0 Å². The molecule has 0 N–H and O–H groups in total. The molecule has 0 saturated carbocycles. The van der Waals surface area contributed by atoms with Gasteiger partial charge >= 0.3 is 0 Å². The van der Waals surface area contributed by atoms with Crippen LogP contribution in [0.3, 0.4) is 0 Å². The van der Waals surface area contributed by atoms with Gasteiger partial charge in [0.05, 0.1) is 5.69 Å². The molecule has 1 aromatic rings. The fourth-order valence-electron chi connectivity index (χ4n) is 2.10. The van der Waals surface area contributed by atoms with Crippen molar-refractivity contribution in [1.29, 1.82) is 0 Å². The fourth-order valence-corrected chi connectivity index (χ4v) is 2.10. The van der Waals surface area contributed by atoms with Gasteiger partial charge in [0.1, 0.15) is 0 Å². The summed E-state index contributed by atoms with van der Waals surface area (Å²) < 4.78 is 0. The van der Waals surface area contributed by atoms with Gasteiger partial charge in [0.15, 0.2) is 0 Å². The molecule has 1 fully saturated rings. The molecule has 0 radical (unpaired) electrons. The second-order valence-corrected chi connectivity index (χ2v) is 4.17. The zero-order valence-electron chi connectivity index (χ0n) is 9.26. The highest BCUT2D eigenvalue weighted by Crippen LogP contribution is 2.18. The van der Waals surface area contributed by atoms with Gasteiger partial charge in [-0.1, -0.05) is 12.1 Å². The molecular weight excluding hydrogens is 184 g/mol. The van der Waals surface area contributed by atoms with Crippen LogP contribution in [-0.4, -0.2) is 29.5 Å². The van der Waals surface area contributed by atoms with Crippen LogP contribution in [0.2, 0.25) is 0 Å². The van der Waals surface area contributed by atoms with Gasteiger partial charge in [-0.3, -0.25) is 4.98 Å². The van der Waals surface area contributed by atoms with E-state index in [9.17, 15) is 0 Å². The summed E-state index contributed by atoms with van der Waals surface area (Å²) in [6, 6.07) is 6.75. The van der Waals surface area contributed by atoms with Gasteiger partial charge < -0.3 is 4.90 Å². The molecule has 15 heavy (non-hydrogen) atoms. The topological polar surface area (TPSA) is 16.1 Å². The first kappa shape index (κ1) is 10.4. The van der Waals surface area contributed by atoms with Crippen molar-refractivity contribution in [2.24, 2.45) is 0 Å². The minimum Gasteiger partial charge on any atom is -0.303 e. The van der Waals surface area contributed by atoms with Gasteiger partial charge in [-0.2, -0.15) is 0 Å². The van der Waals surface area contributed by atoms with Gasteiger partial charge in [0, 0.05) is 12.2 Å². The van der Waals surface area contributed by atoms with Crippen LogP contribution in [-0.2, 0) is 0 Å². The predicted molar refractivity (Wildman–Crippen MR) is 63.5 cm³/mol. The Morgan fingerprint density at radius 3 is 3.13 bits per heavy atom. The zero-order chi connectivity index (χ0) is 10.5. The van der Waals surface area contributed by atoms with Crippen molar-refractivity contribution < 1.29 is 0 Å². The van der Waals surface area contributed by atoms with Gasteiger partial charge in [-0.15, -0.1) is 0 Å². The van der Waals surface area contributed by atoms with E-state index >= 15 is 0 Å². The average molecular weight is 202 g/mol. The Kier molecular flexibility index (Phi) is 3.51. The molecule has 1 aliphatic rings. The minimum atomic E-state index is 0.741.